The van der Waals surface area contributed by atoms with Crippen LogP contribution in [0.5, 0.6) is 5.75 Å². The summed E-state index contributed by atoms with van der Waals surface area (Å²) >= 11 is 2.55. The van der Waals surface area contributed by atoms with Crippen LogP contribution in [0.15, 0.2) is 71.7 Å². The molecule has 0 unspecified atom stereocenters. The highest BCUT2D eigenvalue weighted by molar-refractivity contribution is 7.99. The number of thiophene rings is 1. The molecule has 4 rings (SSSR count). The highest BCUT2D eigenvalue weighted by atomic mass is 32.2. The Kier molecular flexibility index (Phi) is 8.98. The van der Waals surface area contributed by atoms with Gasteiger partial charge in [-0.3, -0.25) is 9.36 Å². The first-order valence-electron chi connectivity index (χ1n) is 11.9. The van der Waals surface area contributed by atoms with Crippen LogP contribution in [0.25, 0.3) is 22.5 Å². The molecule has 10 heteroatoms. The molecule has 38 heavy (non-hydrogen) atoms. The van der Waals surface area contributed by atoms with Gasteiger partial charge in [0, 0.05) is 23.1 Å². The van der Waals surface area contributed by atoms with E-state index in [1.807, 2.05) is 72.3 Å². The number of amides is 1. The van der Waals surface area contributed by atoms with Gasteiger partial charge in [0.2, 0.25) is 5.91 Å². The fourth-order valence-electron chi connectivity index (χ4n) is 3.76. The Bertz CT molecular complexity index is 1430. The molecule has 2 heterocycles. The highest BCUT2D eigenvalue weighted by Crippen LogP contribution is 2.36. The quantitative estimate of drug-likeness (QED) is 0.138. The lowest BCUT2D eigenvalue weighted by Crippen LogP contribution is -2.16. The maximum absolute atomic E-state index is 12.9. The summed E-state index contributed by atoms with van der Waals surface area (Å²) in [6.07, 6.45) is 1.76. The number of methoxy groups -OCH3 is 1. The first kappa shape index (κ1) is 27.2. The highest BCUT2D eigenvalue weighted by Gasteiger charge is 2.23. The fraction of sp³-hybridized carbons (Fsp3) is 0.214. The number of aromatic nitrogens is 3. The molecule has 0 saturated heterocycles. The van der Waals surface area contributed by atoms with Crippen LogP contribution in [0, 0.1) is 6.92 Å². The number of hydrogen-bond donors (Lipinski definition) is 1. The summed E-state index contributed by atoms with van der Waals surface area (Å²) < 4.78 is 12.4. The number of anilines is 1. The second-order valence-electron chi connectivity index (χ2n) is 8.21. The lowest BCUT2D eigenvalue weighted by Gasteiger charge is -2.09. The second-order valence-corrected chi connectivity index (χ2v) is 10.0. The molecule has 0 fully saturated rings. The van der Waals surface area contributed by atoms with E-state index in [4.69, 9.17) is 9.47 Å². The van der Waals surface area contributed by atoms with Gasteiger partial charge < -0.3 is 14.8 Å². The summed E-state index contributed by atoms with van der Waals surface area (Å²) in [4.78, 5) is 25.5. The average Bonchev–Trinajstić information content (AvgIpc) is 3.52. The molecular weight excluding hydrogens is 520 g/mol. The summed E-state index contributed by atoms with van der Waals surface area (Å²) in [7, 11) is 1.33. The van der Waals surface area contributed by atoms with Gasteiger partial charge in [-0.25, -0.2) is 4.79 Å². The number of esters is 1. The molecule has 0 saturated carbocycles. The lowest BCUT2D eigenvalue weighted by molar-refractivity contribution is -0.113. The number of hydrogen-bond acceptors (Lipinski definition) is 8. The Hall–Kier alpha value is -3.89. The van der Waals surface area contributed by atoms with Gasteiger partial charge in [-0.2, -0.15) is 0 Å². The maximum Gasteiger partial charge on any atom is 0.341 e. The molecule has 196 valence electrons. The van der Waals surface area contributed by atoms with Crippen molar-refractivity contribution >= 4 is 40.0 Å². The monoisotopic (exact) mass is 548 g/mol. The summed E-state index contributed by atoms with van der Waals surface area (Å²) in [5.41, 5.74) is 3.93. The van der Waals surface area contributed by atoms with E-state index in [-0.39, 0.29) is 11.7 Å². The SMILES string of the molecule is C=CCn1c(SCC(=O)Nc2scc(-c3ccc(C)cc3)c2C(=O)OC)nnc1-c1ccc(OCC)cc1. The Morgan fingerprint density at radius 2 is 1.82 bits per heavy atom. The molecule has 0 aliphatic heterocycles. The number of allylic oxidation sites excluding steroid dienone is 1. The van der Waals surface area contributed by atoms with Gasteiger partial charge in [0.1, 0.15) is 16.3 Å². The topological polar surface area (TPSA) is 95.3 Å². The van der Waals surface area contributed by atoms with Gasteiger partial charge in [-0.05, 0) is 43.7 Å². The van der Waals surface area contributed by atoms with Crippen molar-refractivity contribution < 1.29 is 19.1 Å². The van der Waals surface area contributed by atoms with Crippen molar-refractivity contribution in [1.82, 2.24) is 14.8 Å². The predicted molar refractivity (Wildman–Crippen MR) is 152 cm³/mol. The van der Waals surface area contributed by atoms with Crippen LogP contribution in [-0.2, 0) is 16.1 Å². The van der Waals surface area contributed by atoms with Crippen LogP contribution in [0.1, 0.15) is 22.8 Å². The van der Waals surface area contributed by atoms with E-state index in [0.717, 1.165) is 28.0 Å². The number of carbonyl (C=O) groups is 2. The summed E-state index contributed by atoms with van der Waals surface area (Å²) in [6, 6.07) is 15.5. The molecule has 2 aromatic carbocycles. The van der Waals surface area contributed by atoms with Crippen molar-refractivity contribution in [3.63, 3.8) is 0 Å². The molecule has 0 spiro atoms. The minimum atomic E-state index is -0.504. The van der Waals surface area contributed by atoms with Crippen molar-refractivity contribution in [2.24, 2.45) is 0 Å². The minimum absolute atomic E-state index is 0.0803. The van der Waals surface area contributed by atoms with Crippen molar-refractivity contribution in [2.45, 2.75) is 25.5 Å². The number of carbonyl (C=O) groups excluding carboxylic acids is 2. The van der Waals surface area contributed by atoms with Gasteiger partial charge in [-0.15, -0.1) is 28.1 Å². The molecule has 2 aromatic heterocycles. The molecule has 1 amide bonds. The molecule has 0 bridgehead atoms. The number of thioether (sulfide) groups is 1. The zero-order valence-electron chi connectivity index (χ0n) is 21.4. The predicted octanol–water partition coefficient (Wildman–Crippen LogP) is 6.08. The van der Waals surface area contributed by atoms with E-state index in [9.17, 15) is 9.59 Å². The van der Waals surface area contributed by atoms with Crippen molar-refractivity contribution in [1.29, 1.82) is 0 Å². The number of ether oxygens (including phenoxy) is 2. The van der Waals surface area contributed by atoms with Crippen molar-refractivity contribution in [3.8, 4) is 28.3 Å². The third-order valence-electron chi connectivity index (χ3n) is 5.58. The van der Waals surface area contributed by atoms with Crippen molar-refractivity contribution in [2.75, 3.05) is 24.8 Å². The third-order valence-corrected chi connectivity index (χ3v) is 7.44. The van der Waals surface area contributed by atoms with Crippen LogP contribution in [-0.4, -0.2) is 46.1 Å². The third kappa shape index (κ3) is 6.15. The van der Waals surface area contributed by atoms with Crippen LogP contribution in [0.3, 0.4) is 0 Å². The van der Waals surface area contributed by atoms with E-state index in [0.29, 0.717) is 34.7 Å². The molecule has 0 atom stereocenters. The number of benzene rings is 2. The Labute approximate surface area is 229 Å². The van der Waals surface area contributed by atoms with Gasteiger partial charge in [0.05, 0.1) is 19.5 Å². The van der Waals surface area contributed by atoms with Crippen LogP contribution >= 0.6 is 23.1 Å². The molecule has 0 aliphatic carbocycles. The fourth-order valence-corrected chi connectivity index (χ4v) is 5.48. The molecule has 8 nitrogen and oxygen atoms in total. The van der Waals surface area contributed by atoms with Gasteiger partial charge in [0.25, 0.3) is 0 Å². The normalized spacial score (nSPS) is 10.7. The molecule has 1 N–H and O–H groups in total. The Balaban J connectivity index is 1.50. The van der Waals surface area contributed by atoms with E-state index in [1.54, 1.807) is 6.08 Å². The van der Waals surface area contributed by atoms with Gasteiger partial charge in [0.15, 0.2) is 11.0 Å². The number of rotatable bonds is 11. The first-order chi connectivity index (χ1) is 18.4. The van der Waals surface area contributed by atoms with Gasteiger partial charge in [-0.1, -0.05) is 47.7 Å². The molecule has 0 aliphatic rings. The van der Waals surface area contributed by atoms with Gasteiger partial charge >= 0.3 is 5.97 Å². The smallest absolute Gasteiger partial charge is 0.341 e. The number of nitrogens with one attached hydrogen (secondary N) is 1. The molecular formula is C28H28N4O4S2. The Morgan fingerprint density at radius 1 is 1.11 bits per heavy atom. The largest absolute Gasteiger partial charge is 0.494 e. The lowest BCUT2D eigenvalue weighted by atomic mass is 10.0. The molecule has 4 aromatic rings. The van der Waals surface area contributed by atoms with E-state index >= 15 is 0 Å². The first-order valence-corrected chi connectivity index (χ1v) is 13.8. The molecule has 0 radical (unpaired) electrons. The summed E-state index contributed by atoms with van der Waals surface area (Å²) in [5.74, 6) is 0.757. The second kappa shape index (κ2) is 12.6. The van der Waals surface area contributed by atoms with Crippen LogP contribution in [0.2, 0.25) is 0 Å². The van der Waals surface area contributed by atoms with E-state index < -0.39 is 5.97 Å². The van der Waals surface area contributed by atoms with E-state index in [2.05, 4.69) is 22.1 Å². The standard InChI is InChI=1S/C28H28N4O4S2/c1-5-15-32-25(20-11-13-21(14-12-20)36-6-2)30-31-28(32)38-17-23(33)29-26-24(27(34)35-4)22(16-37-26)19-9-7-18(3)8-10-19/h5,7-14,16H,1,6,15,17H2,2-4H3,(H,29,33). The average molecular weight is 549 g/mol. The number of aryl methyl sites for hydroxylation is 1. The Morgan fingerprint density at radius 3 is 2.47 bits per heavy atom. The zero-order chi connectivity index (χ0) is 27.1. The van der Waals surface area contributed by atoms with Crippen molar-refractivity contribution in [3.05, 3.63) is 77.7 Å². The van der Waals surface area contributed by atoms with E-state index in [1.165, 1.54) is 30.2 Å². The van der Waals surface area contributed by atoms with Crippen LogP contribution < -0.4 is 10.1 Å². The minimum Gasteiger partial charge on any atom is -0.494 e. The van der Waals surface area contributed by atoms with Crippen LogP contribution in [0.4, 0.5) is 5.00 Å². The summed E-state index contributed by atoms with van der Waals surface area (Å²) in [5, 5.41) is 14.4. The summed E-state index contributed by atoms with van der Waals surface area (Å²) in [6.45, 7) is 8.85. The number of nitrogens with zero attached hydrogens (tertiary/aromatic N) is 3. The zero-order valence-corrected chi connectivity index (χ0v) is 23.0. The maximum atomic E-state index is 12.9.